The Kier molecular flexibility index (Phi) is 6.38. The van der Waals surface area contributed by atoms with E-state index in [0.717, 1.165) is 0 Å². The van der Waals surface area contributed by atoms with Crippen molar-refractivity contribution in [1.82, 2.24) is 14.7 Å². The minimum Gasteiger partial charge on any atom is -0.480 e. The Morgan fingerprint density at radius 2 is 2.25 bits per heavy atom. The fraction of sp³-hybridized carbons (Fsp3) is 0.467. The summed E-state index contributed by atoms with van der Waals surface area (Å²) in [5.74, 6) is -0.967. The van der Waals surface area contributed by atoms with Crippen molar-refractivity contribution in [1.29, 1.82) is 0 Å². The summed E-state index contributed by atoms with van der Waals surface area (Å²) in [4.78, 5) is 40.0. The number of fused-ring (bicyclic) bond motifs is 1. The average molecular weight is 369 g/mol. The Morgan fingerprint density at radius 3 is 2.92 bits per heavy atom. The molecule has 130 valence electrons. The molecule has 1 amide bonds. The Morgan fingerprint density at radius 1 is 1.50 bits per heavy atom. The number of nitrogens with zero attached hydrogens (tertiary/aromatic N) is 2. The van der Waals surface area contributed by atoms with Gasteiger partial charge in [-0.05, 0) is 5.92 Å². The third-order valence-corrected chi connectivity index (χ3v) is 5.36. The molecule has 2 rings (SSSR count). The number of carbonyl (C=O) groups excluding carboxylic acids is 1. The second kappa shape index (κ2) is 8.29. The summed E-state index contributed by atoms with van der Waals surface area (Å²) in [5, 5.41) is 13.5. The van der Waals surface area contributed by atoms with Gasteiger partial charge in [0.1, 0.15) is 6.04 Å². The number of thioether (sulfide) groups is 1. The molecular formula is C15H19N3O4S2. The summed E-state index contributed by atoms with van der Waals surface area (Å²) < 4.78 is 1.47. The number of rotatable bonds is 8. The molecular weight excluding hydrogens is 350 g/mol. The number of aromatic nitrogens is 2. The molecule has 9 heteroatoms. The number of carboxylic acid groups (broad SMARTS) is 1. The number of amides is 1. The predicted octanol–water partition coefficient (Wildman–Crippen LogP) is 1.60. The van der Waals surface area contributed by atoms with Gasteiger partial charge >= 0.3 is 5.97 Å². The molecule has 2 aromatic heterocycles. The summed E-state index contributed by atoms with van der Waals surface area (Å²) in [5.41, 5.74) is 0.459. The van der Waals surface area contributed by atoms with Crippen molar-refractivity contribution in [2.75, 3.05) is 5.75 Å². The zero-order valence-corrected chi connectivity index (χ0v) is 15.0. The monoisotopic (exact) mass is 369 g/mol. The van der Waals surface area contributed by atoms with E-state index in [9.17, 15) is 19.5 Å². The maximum absolute atomic E-state index is 11.9. The van der Waals surface area contributed by atoms with Crippen molar-refractivity contribution >= 4 is 39.9 Å². The second-order valence-electron chi connectivity index (χ2n) is 5.40. The normalized spacial score (nSPS) is 13.6. The van der Waals surface area contributed by atoms with E-state index in [1.807, 2.05) is 6.92 Å². The number of carboxylic acids is 1. The number of thiazole rings is 1. The summed E-state index contributed by atoms with van der Waals surface area (Å²) in [7, 11) is 0. The lowest BCUT2D eigenvalue weighted by atomic mass is 9.99. The quantitative estimate of drug-likeness (QED) is 0.733. The molecule has 0 radical (unpaired) electrons. The highest BCUT2D eigenvalue weighted by Gasteiger charge is 2.25. The van der Waals surface area contributed by atoms with E-state index in [4.69, 9.17) is 0 Å². The lowest BCUT2D eigenvalue weighted by Gasteiger charge is -2.19. The van der Waals surface area contributed by atoms with Crippen molar-refractivity contribution in [3.8, 4) is 0 Å². The van der Waals surface area contributed by atoms with E-state index < -0.39 is 12.0 Å². The van der Waals surface area contributed by atoms with E-state index in [1.165, 1.54) is 33.6 Å². The number of hydrogen-bond donors (Lipinski definition) is 2. The molecule has 2 N–H and O–H groups in total. The highest BCUT2D eigenvalue weighted by Crippen LogP contribution is 2.13. The van der Waals surface area contributed by atoms with E-state index in [1.54, 1.807) is 18.5 Å². The van der Waals surface area contributed by atoms with Crippen LogP contribution in [0.15, 0.2) is 22.4 Å². The molecule has 2 unspecified atom stereocenters. The van der Waals surface area contributed by atoms with Crippen molar-refractivity contribution in [3.05, 3.63) is 33.7 Å². The Hall–Kier alpha value is -1.87. The van der Waals surface area contributed by atoms with Crippen LogP contribution < -0.4 is 10.9 Å². The summed E-state index contributed by atoms with van der Waals surface area (Å²) in [6, 6.07) is 0.567. The van der Waals surface area contributed by atoms with Gasteiger partial charge in [-0.3, -0.25) is 14.0 Å². The summed E-state index contributed by atoms with van der Waals surface area (Å²) in [6.07, 6.45) is 2.33. The minimum atomic E-state index is -1.03. The lowest BCUT2D eigenvalue weighted by molar-refractivity contribution is -0.143. The number of aliphatic carboxylic acids is 1. The third-order valence-electron chi connectivity index (χ3n) is 3.63. The SMILES string of the molecule is CCC(C)C(NC(=O)CSCc1cc(=O)n2ccsc2n1)C(=O)O. The largest absolute Gasteiger partial charge is 0.480 e. The molecule has 0 fully saturated rings. The number of nitrogens with one attached hydrogen (secondary N) is 1. The molecule has 0 aliphatic rings. The molecule has 2 atom stereocenters. The molecule has 0 bridgehead atoms. The summed E-state index contributed by atoms with van der Waals surface area (Å²) in [6.45, 7) is 3.67. The van der Waals surface area contributed by atoms with Gasteiger partial charge in [-0.25, -0.2) is 9.78 Å². The van der Waals surface area contributed by atoms with Crippen LogP contribution in [0.1, 0.15) is 26.0 Å². The molecule has 24 heavy (non-hydrogen) atoms. The molecule has 0 spiro atoms. The van der Waals surface area contributed by atoms with Crippen LogP contribution in [-0.4, -0.2) is 38.2 Å². The molecule has 0 aliphatic carbocycles. The molecule has 0 saturated carbocycles. The Bertz CT molecular complexity index is 786. The van der Waals surface area contributed by atoms with Crippen LogP contribution in [0.4, 0.5) is 0 Å². The van der Waals surface area contributed by atoms with Crippen LogP contribution in [0.5, 0.6) is 0 Å². The number of hydrogen-bond acceptors (Lipinski definition) is 6. The smallest absolute Gasteiger partial charge is 0.326 e. The fourth-order valence-corrected chi connectivity index (χ4v) is 3.57. The Balaban J connectivity index is 1.89. The van der Waals surface area contributed by atoms with Crippen molar-refractivity contribution in [2.24, 2.45) is 5.92 Å². The highest BCUT2D eigenvalue weighted by molar-refractivity contribution is 7.99. The van der Waals surface area contributed by atoms with Gasteiger partial charge in [0.15, 0.2) is 4.96 Å². The van der Waals surface area contributed by atoms with Gasteiger partial charge in [0.05, 0.1) is 11.4 Å². The molecule has 7 nitrogen and oxygen atoms in total. The van der Waals surface area contributed by atoms with Gasteiger partial charge < -0.3 is 10.4 Å². The minimum absolute atomic E-state index is 0.117. The lowest BCUT2D eigenvalue weighted by Crippen LogP contribution is -2.45. The first kappa shape index (κ1) is 18.5. The van der Waals surface area contributed by atoms with Crippen molar-refractivity contribution in [3.63, 3.8) is 0 Å². The predicted molar refractivity (Wildman–Crippen MR) is 94.5 cm³/mol. The average Bonchev–Trinajstić information content (AvgIpc) is 3.00. The van der Waals surface area contributed by atoms with Crippen LogP contribution in [0.25, 0.3) is 4.96 Å². The third kappa shape index (κ3) is 4.57. The zero-order valence-electron chi connectivity index (χ0n) is 13.4. The first-order valence-electron chi connectivity index (χ1n) is 7.48. The van der Waals surface area contributed by atoms with Crippen LogP contribution >= 0.6 is 23.1 Å². The van der Waals surface area contributed by atoms with Gasteiger partial charge in [-0.1, -0.05) is 20.3 Å². The first-order valence-corrected chi connectivity index (χ1v) is 9.51. The topological polar surface area (TPSA) is 101 Å². The van der Waals surface area contributed by atoms with Crippen LogP contribution in [0.2, 0.25) is 0 Å². The standard InChI is InChI=1S/C15H19N3O4S2/c1-3-9(2)13(14(21)22)17-11(19)8-23-7-10-6-12(20)18-4-5-24-15(18)16-10/h4-6,9,13H,3,7-8H2,1-2H3,(H,17,19)(H,21,22). The van der Waals surface area contributed by atoms with E-state index in [-0.39, 0.29) is 23.1 Å². The van der Waals surface area contributed by atoms with Crippen molar-refractivity contribution < 1.29 is 14.7 Å². The molecule has 0 aliphatic heterocycles. The summed E-state index contributed by atoms with van der Waals surface area (Å²) >= 11 is 2.67. The molecule has 0 saturated heterocycles. The van der Waals surface area contributed by atoms with Crippen LogP contribution in [-0.2, 0) is 15.3 Å². The van der Waals surface area contributed by atoms with Gasteiger partial charge in [0.2, 0.25) is 5.91 Å². The van der Waals surface area contributed by atoms with E-state index in [2.05, 4.69) is 10.3 Å². The second-order valence-corrected chi connectivity index (χ2v) is 7.26. The molecule has 0 aromatic carbocycles. The zero-order chi connectivity index (χ0) is 17.7. The fourth-order valence-electron chi connectivity index (χ4n) is 2.11. The number of carbonyl (C=O) groups is 2. The van der Waals surface area contributed by atoms with Crippen molar-refractivity contribution in [2.45, 2.75) is 32.1 Å². The first-order chi connectivity index (χ1) is 11.4. The van der Waals surface area contributed by atoms with Crippen LogP contribution in [0.3, 0.4) is 0 Å². The van der Waals surface area contributed by atoms with Gasteiger partial charge in [-0.2, -0.15) is 0 Å². The van der Waals surface area contributed by atoms with Crippen LogP contribution in [0, 0.1) is 5.92 Å². The van der Waals surface area contributed by atoms with Gasteiger partial charge in [0.25, 0.3) is 5.56 Å². The Labute approximate surface area is 147 Å². The molecule has 2 aromatic rings. The highest BCUT2D eigenvalue weighted by atomic mass is 32.2. The van der Waals surface area contributed by atoms with Gasteiger partial charge in [0, 0.05) is 23.4 Å². The maximum Gasteiger partial charge on any atom is 0.326 e. The molecule has 2 heterocycles. The van der Waals surface area contributed by atoms with Gasteiger partial charge in [-0.15, -0.1) is 23.1 Å². The maximum atomic E-state index is 11.9. The van der Waals surface area contributed by atoms with E-state index in [0.29, 0.717) is 22.8 Å². The van der Waals surface area contributed by atoms with E-state index >= 15 is 0 Å².